The number of aliphatic imine (C=N–C) groups is 1. The molecule has 1 rings (SSSR count). The summed E-state index contributed by atoms with van der Waals surface area (Å²) in [5.41, 5.74) is -1.18. The summed E-state index contributed by atoms with van der Waals surface area (Å²) in [4.78, 5) is 8.06. The van der Waals surface area contributed by atoms with Crippen molar-refractivity contribution >= 4 is 5.96 Å². The molecule has 6 nitrogen and oxygen atoms in total. The number of aromatic nitrogens is 1. The van der Waals surface area contributed by atoms with Crippen molar-refractivity contribution in [2.75, 3.05) is 33.4 Å². The number of hydrogen-bond acceptors (Lipinski definition) is 4. The summed E-state index contributed by atoms with van der Waals surface area (Å²) in [7, 11) is 1.63. The van der Waals surface area contributed by atoms with Crippen LogP contribution in [0.2, 0.25) is 0 Å². The van der Waals surface area contributed by atoms with E-state index in [2.05, 4.69) is 20.6 Å². The van der Waals surface area contributed by atoms with Gasteiger partial charge in [-0.3, -0.25) is 4.99 Å². The SMILES string of the molecule is CCNC(=NCC(C)(C)OC)NCCOc1ccc(C(F)(F)F)cn1. The van der Waals surface area contributed by atoms with Crippen molar-refractivity contribution in [1.29, 1.82) is 0 Å². The molecular weight excluding hydrogens is 337 g/mol. The van der Waals surface area contributed by atoms with E-state index in [1.165, 1.54) is 6.07 Å². The lowest BCUT2D eigenvalue weighted by molar-refractivity contribution is -0.137. The van der Waals surface area contributed by atoms with Gasteiger partial charge in [0.15, 0.2) is 5.96 Å². The van der Waals surface area contributed by atoms with Gasteiger partial charge in [0.05, 0.1) is 24.3 Å². The lowest BCUT2D eigenvalue weighted by Crippen LogP contribution is -2.40. The Hall–Kier alpha value is -2.03. The largest absolute Gasteiger partial charge is 0.476 e. The van der Waals surface area contributed by atoms with E-state index < -0.39 is 11.7 Å². The van der Waals surface area contributed by atoms with E-state index in [4.69, 9.17) is 9.47 Å². The summed E-state index contributed by atoms with van der Waals surface area (Å²) in [6.45, 7) is 7.62. The zero-order chi connectivity index (χ0) is 18.9. The van der Waals surface area contributed by atoms with Gasteiger partial charge in [-0.1, -0.05) is 0 Å². The van der Waals surface area contributed by atoms with E-state index in [9.17, 15) is 13.2 Å². The standard InChI is InChI=1S/C16H25F3N4O2/c1-5-20-14(23-11-15(2,3)24-4)21-8-9-25-13-7-6-12(10-22-13)16(17,18)19/h6-7,10H,5,8-9,11H2,1-4H3,(H2,20,21,23). The molecule has 1 aromatic rings. The number of pyridine rings is 1. The third kappa shape index (κ3) is 8.06. The number of alkyl halides is 3. The van der Waals surface area contributed by atoms with Gasteiger partial charge < -0.3 is 20.1 Å². The molecule has 0 atom stereocenters. The molecule has 0 bridgehead atoms. The van der Waals surface area contributed by atoms with Gasteiger partial charge in [-0.25, -0.2) is 4.98 Å². The van der Waals surface area contributed by atoms with Crippen LogP contribution in [0.3, 0.4) is 0 Å². The average molecular weight is 362 g/mol. The maximum absolute atomic E-state index is 12.4. The smallest absolute Gasteiger partial charge is 0.417 e. The summed E-state index contributed by atoms with van der Waals surface area (Å²) < 4.78 is 48.0. The fraction of sp³-hybridized carbons (Fsp3) is 0.625. The monoisotopic (exact) mass is 362 g/mol. The first-order valence-electron chi connectivity index (χ1n) is 7.91. The van der Waals surface area contributed by atoms with E-state index >= 15 is 0 Å². The van der Waals surface area contributed by atoms with Crippen LogP contribution in [0, 0.1) is 0 Å². The minimum atomic E-state index is -4.40. The van der Waals surface area contributed by atoms with Crippen LogP contribution in [0.5, 0.6) is 5.88 Å². The highest BCUT2D eigenvalue weighted by Gasteiger charge is 2.30. The van der Waals surface area contributed by atoms with E-state index in [1.807, 2.05) is 20.8 Å². The number of halogens is 3. The minimum Gasteiger partial charge on any atom is -0.476 e. The predicted molar refractivity (Wildman–Crippen MR) is 89.8 cm³/mol. The van der Waals surface area contributed by atoms with Crippen LogP contribution in [-0.2, 0) is 10.9 Å². The van der Waals surface area contributed by atoms with Crippen molar-refractivity contribution < 1.29 is 22.6 Å². The molecule has 0 aromatic carbocycles. The van der Waals surface area contributed by atoms with Crippen LogP contribution >= 0.6 is 0 Å². The second kappa shape index (κ2) is 9.45. The highest BCUT2D eigenvalue weighted by atomic mass is 19.4. The van der Waals surface area contributed by atoms with Gasteiger partial charge in [0.25, 0.3) is 0 Å². The van der Waals surface area contributed by atoms with Gasteiger partial charge in [0.1, 0.15) is 6.61 Å². The first-order chi connectivity index (χ1) is 11.7. The van der Waals surface area contributed by atoms with E-state index in [0.29, 0.717) is 25.6 Å². The maximum atomic E-state index is 12.4. The van der Waals surface area contributed by atoms with E-state index in [-0.39, 0.29) is 18.1 Å². The Morgan fingerprint density at radius 2 is 1.96 bits per heavy atom. The van der Waals surface area contributed by atoms with Crippen LogP contribution in [0.25, 0.3) is 0 Å². The molecule has 25 heavy (non-hydrogen) atoms. The Bertz CT molecular complexity index is 545. The van der Waals surface area contributed by atoms with Crippen molar-refractivity contribution in [2.24, 2.45) is 4.99 Å². The van der Waals surface area contributed by atoms with Crippen LogP contribution in [0.1, 0.15) is 26.3 Å². The Labute approximate surface area is 145 Å². The van der Waals surface area contributed by atoms with E-state index in [0.717, 1.165) is 12.3 Å². The molecule has 0 fully saturated rings. The van der Waals surface area contributed by atoms with Crippen LogP contribution < -0.4 is 15.4 Å². The third-order valence-electron chi connectivity index (χ3n) is 3.22. The molecule has 0 saturated carbocycles. The zero-order valence-electron chi connectivity index (χ0n) is 14.9. The van der Waals surface area contributed by atoms with Gasteiger partial charge >= 0.3 is 6.18 Å². The Balaban J connectivity index is 2.45. The van der Waals surface area contributed by atoms with Gasteiger partial charge in [0, 0.05) is 25.9 Å². The summed E-state index contributed by atoms with van der Waals surface area (Å²) in [6, 6.07) is 2.14. The highest BCUT2D eigenvalue weighted by Crippen LogP contribution is 2.29. The van der Waals surface area contributed by atoms with E-state index in [1.54, 1.807) is 7.11 Å². The summed E-state index contributed by atoms with van der Waals surface area (Å²) >= 11 is 0. The topological polar surface area (TPSA) is 67.8 Å². The second-order valence-corrected chi connectivity index (χ2v) is 5.82. The average Bonchev–Trinajstić information content (AvgIpc) is 2.56. The summed E-state index contributed by atoms with van der Waals surface area (Å²) in [5.74, 6) is 0.744. The molecule has 142 valence electrons. The molecule has 1 heterocycles. The van der Waals surface area contributed by atoms with Crippen molar-refractivity contribution in [1.82, 2.24) is 15.6 Å². The number of hydrogen-bond donors (Lipinski definition) is 2. The number of guanidine groups is 1. The van der Waals surface area contributed by atoms with Gasteiger partial charge in [0.2, 0.25) is 5.88 Å². The zero-order valence-corrected chi connectivity index (χ0v) is 14.9. The Morgan fingerprint density at radius 1 is 1.24 bits per heavy atom. The third-order valence-corrected chi connectivity index (χ3v) is 3.22. The fourth-order valence-corrected chi connectivity index (χ4v) is 1.63. The molecule has 2 N–H and O–H groups in total. The molecule has 0 saturated heterocycles. The van der Waals surface area contributed by atoms with Crippen LogP contribution in [-0.4, -0.2) is 49.9 Å². The lowest BCUT2D eigenvalue weighted by Gasteiger charge is -2.21. The molecule has 1 aromatic heterocycles. The first-order valence-corrected chi connectivity index (χ1v) is 7.91. The normalized spacial score (nSPS) is 12.8. The Morgan fingerprint density at radius 3 is 2.48 bits per heavy atom. The Kier molecular flexibility index (Phi) is 7.95. The van der Waals surface area contributed by atoms with Crippen molar-refractivity contribution in [3.05, 3.63) is 23.9 Å². The molecule has 0 spiro atoms. The van der Waals surface area contributed by atoms with Crippen LogP contribution in [0.4, 0.5) is 13.2 Å². The highest BCUT2D eigenvalue weighted by molar-refractivity contribution is 5.79. The molecular formula is C16H25F3N4O2. The molecule has 0 aliphatic carbocycles. The molecule has 0 unspecified atom stereocenters. The van der Waals surface area contributed by atoms with Crippen molar-refractivity contribution in [3.8, 4) is 5.88 Å². The quantitative estimate of drug-likeness (QED) is 0.422. The maximum Gasteiger partial charge on any atom is 0.417 e. The number of rotatable bonds is 8. The fourth-order valence-electron chi connectivity index (χ4n) is 1.63. The molecule has 0 aliphatic heterocycles. The summed E-state index contributed by atoms with van der Waals surface area (Å²) in [6.07, 6.45) is -3.65. The molecule has 9 heteroatoms. The lowest BCUT2D eigenvalue weighted by atomic mass is 10.1. The number of ether oxygens (including phenoxy) is 2. The molecule has 0 radical (unpaired) electrons. The second-order valence-electron chi connectivity index (χ2n) is 5.82. The first kappa shape index (κ1) is 21.0. The molecule has 0 aliphatic rings. The van der Waals surface area contributed by atoms with Crippen molar-refractivity contribution in [2.45, 2.75) is 32.5 Å². The van der Waals surface area contributed by atoms with Crippen LogP contribution in [0.15, 0.2) is 23.3 Å². The predicted octanol–water partition coefficient (Wildman–Crippen LogP) is 2.46. The number of methoxy groups -OCH3 is 1. The van der Waals surface area contributed by atoms with Crippen molar-refractivity contribution in [3.63, 3.8) is 0 Å². The van der Waals surface area contributed by atoms with Gasteiger partial charge in [-0.2, -0.15) is 13.2 Å². The summed E-state index contributed by atoms with van der Waals surface area (Å²) in [5, 5.41) is 6.16. The number of nitrogens with one attached hydrogen (secondary N) is 2. The van der Waals surface area contributed by atoms with Gasteiger partial charge in [-0.15, -0.1) is 0 Å². The molecule has 0 amide bonds. The minimum absolute atomic E-state index is 0.136. The number of nitrogens with zero attached hydrogens (tertiary/aromatic N) is 2. The van der Waals surface area contributed by atoms with Gasteiger partial charge in [-0.05, 0) is 26.8 Å².